The molecule has 0 aromatic carbocycles. The Hall–Kier alpha value is -1.22. The average Bonchev–Trinajstić information content (AvgIpc) is 2.18. The molecule has 0 aliphatic rings. The fourth-order valence-corrected chi connectivity index (χ4v) is 1.09. The second-order valence-electron chi connectivity index (χ2n) is 4.11. The number of aromatic nitrogens is 1. The van der Waals surface area contributed by atoms with Gasteiger partial charge in [0.25, 0.3) is 0 Å². The van der Waals surface area contributed by atoms with E-state index in [1.165, 1.54) is 0 Å². The molecule has 0 saturated heterocycles. The van der Waals surface area contributed by atoms with Crippen LogP contribution in [0.25, 0.3) is 0 Å². The summed E-state index contributed by atoms with van der Waals surface area (Å²) in [4.78, 5) is 16.0. The molecule has 0 fully saturated rings. The quantitative estimate of drug-likeness (QED) is 0.739. The molecule has 76 valence electrons. The Morgan fingerprint density at radius 1 is 1.50 bits per heavy atom. The molecule has 3 nitrogen and oxygen atoms in total. The third-order valence-corrected chi connectivity index (χ3v) is 2.30. The summed E-state index contributed by atoms with van der Waals surface area (Å²) in [6.07, 6.45) is 1.61. The molecule has 0 atom stereocenters. The van der Waals surface area contributed by atoms with Crippen LogP contribution in [0.1, 0.15) is 29.9 Å². The molecule has 0 bridgehead atoms. The van der Waals surface area contributed by atoms with Gasteiger partial charge in [-0.05, 0) is 19.1 Å². The Morgan fingerprint density at radius 3 is 2.57 bits per heavy atom. The Balaban J connectivity index is 2.96. The normalized spacial score (nSPS) is 11.4. The van der Waals surface area contributed by atoms with Gasteiger partial charge in [0.1, 0.15) is 0 Å². The van der Waals surface area contributed by atoms with Gasteiger partial charge in [-0.15, -0.1) is 0 Å². The number of carbonyl (C=O) groups is 1. The number of nitrogens with two attached hydrogens (primary N) is 1. The van der Waals surface area contributed by atoms with E-state index in [-0.39, 0.29) is 5.78 Å². The van der Waals surface area contributed by atoms with Crippen molar-refractivity contribution in [2.24, 2.45) is 11.1 Å². The van der Waals surface area contributed by atoms with E-state index in [1.54, 1.807) is 12.3 Å². The zero-order valence-corrected chi connectivity index (χ0v) is 8.87. The SMILES string of the molecule is Cc1ccc(C(=O)C(C)(C)CN)cn1. The number of rotatable bonds is 3. The van der Waals surface area contributed by atoms with Crippen molar-refractivity contribution in [3.8, 4) is 0 Å². The predicted octanol–water partition coefficient (Wildman–Crippen LogP) is 1.56. The lowest BCUT2D eigenvalue weighted by atomic mass is 9.85. The van der Waals surface area contributed by atoms with E-state index in [1.807, 2.05) is 26.8 Å². The maximum Gasteiger partial charge on any atom is 0.171 e. The molecule has 1 aromatic rings. The van der Waals surface area contributed by atoms with Gasteiger partial charge in [0.15, 0.2) is 5.78 Å². The van der Waals surface area contributed by atoms with Crippen molar-refractivity contribution in [1.82, 2.24) is 4.98 Å². The molecule has 0 aliphatic heterocycles. The summed E-state index contributed by atoms with van der Waals surface area (Å²) < 4.78 is 0. The lowest BCUT2D eigenvalue weighted by molar-refractivity contribution is 0.0847. The first kappa shape index (κ1) is 10.9. The number of carbonyl (C=O) groups excluding carboxylic acids is 1. The van der Waals surface area contributed by atoms with Crippen molar-refractivity contribution in [1.29, 1.82) is 0 Å². The number of aryl methyl sites for hydroxylation is 1. The minimum absolute atomic E-state index is 0.0486. The van der Waals surface area contributed by atoms with Gasteiger partial charge in [-0.25, -0.2) is 0 Å². The summed E-state index contributed by atoms with van der Waals surface area (Å²) in [6.45, 7) is 5.92. The lowest BCUT2D eigenvalue weighted by Crippen LogP contribution is -2.32. The highest BCUT2D eigenvalue weighted by Crippen LogP contribution is 2.19. The monoisotopic (exact) mass is 192 g/mol. The number of hydrogen-bond acceptors (Lipinski definition) is 3. The minimum Gasteiger partial charge on any atom is -0.329 e. The molecule has 1 aromatic heterocycles. The molecule has 0 unspecified atom stereocenters. The molecule has 3 heteroatoms. The van der Waals surface area contributed by atoms with Crippen molar-refractivity contribution in [2.75, 3.05) is 6.54 Å². The molecule has 2 N–H and O–H groups in total. The van der Waals surface area contributed by atoms with Crippen LogP contribution in [0, 0.1) is 12.3 Å². The molecule has 0 saturated carbocycles. The summed E-state index contributed by atoms with van der Waals surface area (Å²) >= 11 is 0. The van der Waals surface area contributed by atoms with E-state index in [0.29, 0.717) is 12.1 Å². The van der Waals surface area contributed by atoms with E-state index in [4.69, 9.17) is 5.73 Å². The molecule has 0 radical (unpaired) electrons. The van der Waals surface area contributed by atoms with Crippen molar-refractivity contribution in [2.45, 2.75) is 20.8 Å². The van der Waals surface area contributed by atoms with Crippen LogP contribution in [-0.4, -0.2) is 17.3 Å². The Kier molecular flexibility index (Phi) is 3.01. The maximum atomic E-state index is 11.9. The standard InChI is InChI=1S/C11H16N2O/c1-8-4-5-9(6-13-8)10(14)11(2,3)7-12/h4-6H,7,12H2,1-3H3. The van der Waals surface area contributed by atoms with Crippen molar-refractivity contribution >= 4 is 5.78 Å². The van der Waals surface area contributed by atoms with E-state index in [0.717, 1.165) is 5.69 Å². The van der Waals surface area contributed by atoms with Crippen molar-refractivity contribution < 1.29 is 4.79 Å². The highest BCUT2D eigenvalue weighted by atomic mass is 16.1. The molecule has 1 heterocycles. The minimum atomic E-state index is -0.503. The first-order chi connectivity index (χ1) is 6.47. The van der Waals surface area contributed by atoms with Crippen LogP contribution in [0.5, 0.6) is 0 Å². The van der Waals surface area contributed by atoms with Crippen LogP contribution >= 0.6 is 0 Å². The van der Waals surface area contributed by atoms with Gasteiger partial charge < -0.3 is 5.73 Å². The molecule has 0 amide bonds. The lowest BCUT2D eigenvalue weighted by Gasteiger charge is -2.20. The molecular weight excluding hydrogens is 176 g/mol. The summed E-state index contributed by atoms with van der Waals surface area (Å²) in [5, 5.41) is 0. The van der Waals surface area contributed by atoms with Gasteiger partial charge in [0.05, 0.1) is 0 Å². The third-order valence-electron chi connectivity index (χ3n) is 2.30. The highest BCUT2D eigenvalue weighted by Gasteiger charge is 2.26. The number of hydrogen-bond donors (Lipinski definition) is 1. The first-order valence-corrected chi connectivity index (χ1v) is 4.65. The van der Waals surface area contributed by atoms with Gasteiger partial charge in [0.2, 0.25) is 0 Å². The fraction of sp³-hybridized carbons (Fsp3) is 0.455. The summed E-state index contributed by atoms with van der Waals surface area (Å²) in [5.41, 5.74) is 6.57. The molecule has 14 heavy (non-hydrogen) atoms. The number of nitrogens with zero attached hydrogens (tertiary/aromatic N) is 1. The van der Waals surface area contributed by atoms with Crippen LogP contribution in [0.15, 0.2) is 18.3 Å². The van der Waals surface area contributed by atoms with Gasteiger partial charge >= 0.3 is 0 Å². The molecule has 0 aliphatic carbocycles. The zero-order valence-electron chi connectivity index (χ0n) is 8.87. The number of Topliss-reactive ketones (excluding diaryl/α,β-unsaturated/α-hetero) is 1. The fourth-order valence-electron chi connectivity index (χ4n) is 1.09. The van der Waals surface area contributed by atoms with Crippen LogP contribution in [0.3, 0.4) is 0 Å². The zero-order chi connectivity index (χ0) is 10.8. The summed E-state index contributed by atoms with van der Waals surface area (Å²) in [6, 6.07) is 3.63. The van der Waals surface area contributed by atoms with Gasteiger partial charge in [-0.2, -0.15) is 0 Å². The van der Waals surface area contributed by atoms with Gasteiger partial charge in [-0.3, -0.25) is 9.78 Å². The Morgan fingerprint density at radius 2 is 2.14 bits per heavy atom. The largest absolute Gasteiger partial charge is 0.329 e. The summed E-state index contributed by atoms with van der Waals surface area (Å²) in [5.74, 6) is 0.0486. The van der Waals surface area contributed by atoms with Crippen molar-refractivity contribution in [3.05, 3.63) is 29.6 Å². The third kappa shape index (κ3) is 2.17. The summed E-state index contributed by atoms with van der Waals surface area (Å²) in [7, 11) is 0. The van der Waals surface area contributed by atoms with Crippen LogP contribution in [-0.2, 0) is 0 Å². The Labute approximate surface area is 84.3 Å². The number of ketones is 1. The first-order valence-electron chi connectivity index (χ1n) is 4.65. The molecule has 0 spiro atoms. The van der Waals surface area contributed by atoms with E-state index < -0.39 is 5.41 Å². The smallest absolute Gasteiger partial charge is 0.171 e. The second kappa shape index (κ2) is 3.88. The maximum absolute atomic E-state index is 11.9. The Bertz CT molecular complexity index is 328. The predicted molar refractivity (Wildman–Crippen MR) is 56.1 cm³/mol. The van der Waals surface area contributed by atoms with E-state index in [2.05, 4.69) is 4.98 Å². The van der Waals surface area contributed by atoms with Gasteiger partial charge in [0, 0.05) is 29.4 Å². The highest BCUT2D eigenvalue weighted by molar-refractivity contribution is 5.99. The van der Waals surface area contributed by atoms with Crippen LogP contribution in [0.4, 0.5) is 0 Å². The van der Waals surface area contributed by atoms with E-state index in [9.17, 15) is 4.79 Å². The van der Waals surface area contributed by atoms with Crippen molar-refractivity contribution in [3.63, 3.8) is 0 Å². The number of pyridine rings is 1. The molecule has 1 rings (SSSR count). The topological polar surface area (TPSA) is 56.0 Å². The molecular formula is C11H16N2O. The van der Waals surface area contributed by atoms with Crippen LogP contribution < -0.4 is 5.73 Å². The average molecular weight is 192 g/mol. The van der Waals surface area contributed by atoms with E-state index >= 15 is 0 Å². The second-order valence-corrected chi connectivity index (χ2v) is 4.11. The van der Waals surface area contributed by atoms with Gasteiger partial charge in [-0.1, -0.05) is 13.8 Å². The van der Waals surface area contributed by atoms with Crippen LogP contribution in [0.2, 0.25) is 0 Å².